The largest absolute Gasteiger partial charge is 0.326 e. The van der Waals surface area contributed by atoms with E-state index < -0.39 is 0 Å². The summed E-state index contributed by atoms with van der Waals surface area (Å²) in [5, 5.41) is 0. The Morgan fingerprint density at radius 1 is 0.900 bits per heavy atom. The highest BCUT2D eigenvalue weighted by Crippen LogP contribution is 2.38. The van der Waals surface area contributed by atoms with E-state index >= 15 is 0 Å². The van der Waals surface area contributed by atoms with Crippen molar-refractivity contribution >= 4 is 0 Å². The van der Waals surface area contributed by atoms with Crippen LogP contribution in [0.2, 0.25) is 0 Å². The molecule has 1 aliphatic carbocycles. The second kappa shape index (κ2) is 9.78. The minimum absolute atomic E-state index is 0.326. The summed E-state index contributed by atoms with van der Waals surface area (Å²) >= 11 is 0. The van der Waals surface area contributed by atoms with Crippen molar-refractivity contribution in [2.45, 2.75) is 103 Å². The lowest BCUT2D eigenvalue weighted by atomic mass is 9.83. The number of unbranched alkanes of at least 4 members (excludes halogenated alkanes) is 5. The minimum Gasteiger partial charge on any atom is -0.326 e. The Bertz CT molecular complexity index is 230. The van der Waals surface area contributed by atoms with Crippen LogP contribution in [0.5, 0.6) is 0 Å². The lowest BCUT2D eigenvalue weighted by molar-refractivity contribution is 0.0732. The van der Waals surface area contributed by atoms with E-state index in [9.17, 15) is 0 Å². The van der Waals surface area contributed by atoms with Crippen LogP contribution >= 0.6 is 0 Å². The molecule has 0 aromatic rings. The molecule has 2 N–H and O–H groups in total. The van der Waals surface area contributed by atoms with E-state index in [2.05, 4.69) is 25.7 Å². The first-order chi connectivity index (χ1) is 9.71. The SMILES string of the molecule is CCCCCCCCC(N)C1(N(CC)CC)CCCC1. The third kappa shape index (κ3) is 4.73. The second-order valence-corrected chi connectivity index (χ2v) is 6.65. The number of rotatable bonds is 11. The summed E-state index contributed by atoms with van der Waals surface area (Å²) < 4.78 is 0. The van der Waals surface area contributed by atoms with E-state index in [1.807, 2.05) is 0 Å². The van der Waals surface area contributed by atoms with Gasteiger partial charge in [-0.15, -0.1) is 0 Å². The van der Waals surface area contributed by atoms with Crippen LogP contribution in [0.3, 0.4) is 0 Å². The zero-order valence-electron chi connectivity index (χ0n) is 14.3. The summed E-state index contributed by atoms with van der Waals surface area (Å²) in [6.45, 7) is 9.17. The maximum Gasteiger partial charge on any atom is 0.0360 e. The van der Waals surface area contributed by atoms with E-state index in [0.717, 1.165) is 13.1 Å². The molecule has 0 heterocycles. The predicted octanol–water partition coefficient (Wildman–Crippen LogP) is 4.72. The quantitative estimate of drug-likeness (QED) is 0.556. The van der Waals surface area contributed by atoms with Gasteiger partial charge in [-0.3, -0.25) is 4.90 Å². The molecule has 1 saturated carbocycles. The molecule has 0 bridgehead atoms. The summed E-state index contributed by atoms with van der Waals surface area (Å²) in [6.07, 6.45) is 14.9. The molecule has 0 radical (unpaired) electrons. The Morgan fingerprint density at radius 3 is 2.00 bits per heavy atom. The Hall–Kier alpha value is -0.0800. The van der Waals surface area contributed by atoms with Gasteiger partial charge < -0.3 is 5.73 Å². The van der Waals surface area contributed by atoms with Gasteiger partial charge in [0.1, 0.15) is 0 Å². The Balaban J connectivity index is 2.39. The van der Waals surface area contributed by atoms with Gasteiger partial charge in [-0.05, 0) is 32.4 Å². The number of hydrogen-bond donors (Lipinski definition) is 1. The molecule has 1 fully saturated rings. The van der Waals surface area contributed by atoms with Crippen molar-refractivity contribution < 1.29 is 0 Å². The Kier molecular flexibility index (Phi) is 8.79. The van der Waals surface area contributed by atoms with E-state index in [1.165, 1.54) is 70.6 Å². The van der Waals surface area contributed by atoms with Gasteiger partial charge in [-0.25, -0.2) is 0 Å². The predicted molar refractivity (Wildman–Crippen MR) is 90.1 cm³/mol. The van der Waals surface area contributed by atoms with Crippen molar-refractivity contribution in [1.29, 1.82) is 0 Å². The normalized spacial score (nSPS) is 19.6. The van der Waals surface area contributed by atoms with Gasteiger partial charge in [0.2, 0.25) is 0 Å². The molecule has 0 aromatic heterocycles. The lowest BCUT2D eigenvalue weighted by Crippen LogP contribution is -2.58. The van der Waals surface area contributed by atoms with Crippen molar-refractivity contribution in [2.75, 3.05) is 13.1 Å². The molecule has 120 valence electrons. The van der Waals surface area contributed by atoms with Crippen molar-refractivity contribution in [1.82, 2.24) is 4.90 Å². The molecular weight excluding hydrogens is 244 g/mol. The summed E-state index contributed by atoms with van der Waals surface area (Å²) in [4.78, 5) is 2.65. The van der Waals surface area contributed by atoms with Gasteiger partial charge in [0.15, 0.2) is 0 Å². The molecule has 1 rings (SSSR count). The molecule has 0 aromatic carbocycles. The zero-order chi connectivity index (χ0) is 14.8. The number of nitrogens with zero attached hydrogens (tertiary/aromatic N) is 1. The van der Waals surface area contributed by atoms with E-state index in [4.69, 9.17) is 5.73 Å². The van der Waals surface area contributed by atoms with Crippen LogP contribution in [0.15, 0.2) is 0 Å². The van der Waals surface area contributed by atoms with Gasteiger partial charge in [-0.2, -0.15) is 0 Å². The smallest absolute Gasteiger partial charge is 0.0360 e. The van der Waals surface area contributed by atoms with E-state index in [0.29, 0.717) is 11.6 Å². The highest BCUT2D eigenvalue weighted by atomic mass is 15.2. The van der Waals surface area contributed by atoms with Crippen LogP contribution < -0.4 is 5.73 Å². The van der Waals surface area contributed by atoms with Crippen LogP contribution in [0.25, 0.3) is 0 Å². The number of likely N-dealkylation sites (N-methyl/N-ethyl adjacent to an activating group) is 1. The third-order valence-electron chi connectivity index (χ3n) is 5.42. The molecule has 1 atom stereocenters. The van der Waals surface area contributed by atoms with Crippen LogP contribution in [0, 0.1) is 0 Å². The molecule has 0 saturated heterocycles. The molecule has 0 aliphatic heterocycles. The molecular formula is C18H38N2. The van der Waals surface area contributed by atoms with Crippen LogP contribution in [0.4, 0.5) is 0 Å². The van der Waals surface area contributed by atoms with E-state index in [-0.39, 0.29) is 0 Å². The van der Waals surface area contributed by atoms with Gasteiger partial charge in [0.25, 0.3) is 0 Å². The highest BCUT2D eigenvalue weighted by molar-refractivity contribution is 5.01. The second-order valence-electron chi connectivity index (χ2n) is 6.65. The first kappa shape index (κ1) is 18.0. The molecule has 2 nitrogen and oxygen atoms in total. The molecule has 1 aliphatic rings. The summed E-state index contributed by atoms with van der Waals surface area (Å²) in [5.74, 6) is 0. The number of nitrogens with two attached hydrogens (primary N) is 1. The van der Waals surface area contributed by atoms with E-state index in [1.54, 1.807) is 0 Å². The average molecular weight is 283 g/mol. The fourth-order valence-electron chi connectivity index (χ4n) is 4.18. The summed E-state index contributed by atoms with van der Waals surface area (Å²) in [7, 11) is 0. The molecule has 2 heteroatoms. The van der Waals surface area contributed by atoms with Crippen molar-refractivity contribution in [3.05, 3.63) is 0 Å². The Labute approximate surface area is 127 Å². The first-order valence-corrected chi connectivity index (χ1v) is 9.21. The molecule has 1 unspecified atom stereocenters. The molecule has 20 heavy (non-hydrogen) atoms. The van der Waals surface area contributed by atoms with Crippen molar-refractivity contribution in [3.63, 3.8) is 0 Å². The van der Waals surface area contributed by atoms with Gasteiger partial charge in [-0.1, -0.05) is 72.1 Å². The third-order valence-corrected chi connectivity index (χ3v) is 5.42. The topological polar surface area (TPSA) is 29.3 Å². The van der Waals surface area contributed by atoms with Crippen LogP contribution in [0.1, 0.15) is 91.4 Å². The molecule has 0 spiro atoms. The van der Waals surface area contributed by atoms with Crippen molar-refractivity contribution in [2.24, 2.45) is 5.73 Å². The lowest BCUT2D eigenvalue weighted by Gasteiger charge is -2.45. The van der Waals surface area contributed by atoms with Gasteiger partial charge in [0.05, 0.1) is 0 Å². The maximum absolute atomic E-state index is 6.67. The van der Waals surface area contributed by atoms with Crippen LogP contribution in [-0.4, -0.2) is 29.6 Å². The van der Waals surface area contributed by atoms with Crippen LogP contribution in [-0.2, 0) is 0 Å². The Morgan fingerprint density at radius 2 is 1.45 bits per heavy atom. The average Bonchev–Trinajstić information content (AvgIpc) is 2.94. The maximum atomic E-state index is 6.67. The fraction of sp³-hybridized carbons (Fsp3) is 1.00. The fourth-order valence-corrected chi connectivity index (χ4v) is 4.18. The van der Waals surface area contributed by atoms with Gasteiger partial charge >= 0.3 is 0 Å². The minimum atomic E-state index is 0.326. The monoisotopic (exact) mass is 282 g/mol. The van der Waals surface area contributed by atoms with Gasteiger partial charge in [0, 0.05) is 11.6 Å². The summed E-state index contributed by atoms with van der Waals surface area (Å²) in [5.41, 5.74) is 6.99. The van der Waals surface area contributed by atoms with Crippen molar-refractivity contribution in [3.8, 4) is 0 Å². The zero-order valence-corrected chi connectivity index (χ0v) is 14.3. The standard InChI is InChI=1S/C18H38N2/c1-4-7-8-9-10-11-14-17(19)18(15-12-13-16-18)20(5-2)6-3/h17H,4-16,19H2,1-3H3. The molecule has 0 amide bonds. The first-order valence-electron chi connectivity index (χ1n) is 9.21. The summed E-state index contributed by atoms with van der Waals surface area (Å²) in [6, 6.07) is 0.385. The highest BCUT2D eigenvalue weighted by Gasteiger charge is 2.42. The number of hydrogen-bond acceptors (Lipinski definition) is 2.